The van der Waals surface area contributed by atoms with Crippen LogP contribution in [0.3, 0.4) is 0 Å². The average Bonchev–Trinajstić information content (AvgIpc) is 3.49. The highest BCUT2D eigenvalue weighted by molar-refractivity contribution is 5.73. The lowest BCUT2D eigenvalue weighted by Gasteiger charge is -2.32. The summed E-state index contributed by atoms with van der Waals surface area (Å²) in [6.45, 7) is 2.92. The molecule has 136 valence electrons. The maximum Gasteiger partial charge on any atom is 0.219 e. The number of carbonyl (C=O) groups is 1. The Hall–Kier alpha value is -1.66. The zero-order chi connectivity index (χ0) is 17.6. The summed E-state index contributed by atoms with van der Waals surface area (Å²) in [5.41, 5.74) is 1.61. The van der Waals surface area contributed by atoms with Gasteiger partial charge in [-0.3, -0.25) is 4.79 Å². The van der Waals surface area contributed by atoms with Crippen molar-refractivity contribution in [1.82, 2.24) is 4.90 Å². The summed E-state index contributed by atoms with van der Waals surface area (Å²) in [5.74, 6) is 0.798. The highest BCUT2D eigenvalue weighted by Crippen LogP contribution is 2.48. The van der Waals surface area contributed by atoms with E-state index in [-0.39, 0.29) is 30.2 Å². The molecule has 1 aliphatic carbocycles. The number of ether oxygens (including phenoxy) is 3. The highest BCUT2D eigenvalue weighted by Gasteiger charge is 2.43. The molecule has 1 aromatic rings. The fourth-order valence-corrected chi connectivity index (χ4v) is 3.62. The largest absolute Gasteiger partial charge is 0.488 e. The van der Waals surface area contributed by atoms with Crippen molar-refractivity contribution in [1.29, 1.82) is 0 Å². The van der Waals surface area contributed by atoms with Gasteiger partial charge in [0.2, 0.25) is 5.91 Å². The predicted molar refractivity (Wildman–Crippen MR) is 88.9 cm³/mol. The molecule has 6 heteroatoms. The van der Waals surface area contributed by atoms with E-state index in [0.717, 1.165) is 37.8 Å². The third-order valence-electron chi connectivity index (χ3n) is 5.25. The number of benzene rings is 1. The van der Waals surface area contributed by atoms with Gasteiger partial charge in [0, 0.05) is 32.2 Å². The molecule has 4 rings (SSSR count). The topological polar surface area (TPSA) is 51.3 Å². The summed E-state index contributed by atoms with van der Waals surface area (Å²) >= 11 is 0. The molecule has 0 spiro atoms. The van der Waals surface area contributed by atoms with Crippen molar-refractivity contribution in [2.45, 2.75) is 57.0 Å². The van der Waals surface area contributed by atoms with Gasteiger partial charge in [0.1, 0.15) is 23.8 Å². The molecular formula is C19H24FNO4. The third-order valence-corrected chi connectivity index (χ3v) is 5.25. The van der Waals surface area contributed by atoms with Gasteiger partial charge in [-0.05, 0) is 43.2 Å². The quantitative estimate of drug-likeness (QED) is 0.767. The van der Waals surface area contributed by atoms with Crippen molar-refractivity contribution in [3.05, 3.63) is 29.1 Å². The number of carbonyl (C=O) groups excluding carboxylic acids is 1. The second-order valence-electron chi connectivity index (χ2n) is 7.19. The summed E-state index contributed by atoms with van der Waals surface area (Å²) in [4.78, 5) is 13.4. The van der Waals surface area contributed by atoms with E-state index in [9.17, 15) is 9.18 Å². The lowest BCUT2D eigenvalue weighted by atomic mass is 10.0. The molecule has 0 aromatic heterocycles. The van der Waals surface area contributed by atoms with E-state index < -0.39 is 0 Å². The van der Waals surface area contributed by atoms with Gasteiger partial charge >= 0.3 is 0 Å². The number of hydrogen-bond acceptors (Lipinski definition) is 4. The van der Waals surface area contributed by atoms with Crippen LogP contribution >= 0.6 is 0 Å². The molecule has 2 saturated heterocycles. The van der Waals surface area contributed by atoms with Gasteiger partial charge in [-0.1, -0.05) is 0 Å². The summed E-state index contributed by atoms with van der Waals surface area (Å²) in [6.07, 6.45) is 3.25. The summed E-state index contributed by atoms with van der Waals surface area (Å²) < 4.78 is 31.2. The monoisotopic (exact) mass is 349 g/mol. The molecular weight excluding hydrogens is 325 g/mol. The number of halogens is 1. The molecule has 0 radical (unpaired) electrons. The summed E-state index contributed by atoms with van der Waals surface area (Å²) in [6, 6.07) is 3.38. The highest BCUT2D eigenvalue weighted by atomic mass is 19.1. The minimum Gasteiger partial charge on any atom is -0.488 e. The van der Waals surface area contributed by atoms with Crippen LogP contribution in [0.15, 0.2) is 12.1 Å². The Bertz CT molecular complexity index is 676. The van der Waals surface area contributed by atoms with E-state index in [4.69, 9.17) is 14.2 Å². The molecule has 2 unspecified atom stereocenters. The molecule has 3 aliphatic rings. The minimum absolute atomic E-state index is 0.0636. The van der Waals surface area contributed by atoms with E-state index in [1.54, 1.807) is 18.9 Å². The number of amides is 1. The van der Waals surface area contributed by atoms with E-state index in [2.05, 4.69) is 0 Å². The number of epoxide rings is 1. The normalized spacial score (nSPS) is 28.8. The summed E-state index contributed by atoms with van der Waals surface area (Å²) in [5, 5.41) is 0. The first-order valence-electron chi connectivity index (χ1n) is 9.00. The standard InChI is InChI=1S/C19H24FNO4/c1-11(22)21-7-3-4-13(10-21)24-17-9-16(20)15(18-19(23-2)25-18)8-14(17)12-5-6-12/h8-9,12-13,18-19H,3-7,10H2,1-2H3/t13-,18?,19?/m1/s1. The molecule has 2 aliphatic heterocycles. The van der Waals surface area contributed by atoms with Crippen LogP contribution in [0.1, 0.15) is 55.8 Å². The van der Waals surface area contributed by atoms with Gasteiger partial charge < -0.3 is 19.1 Å². The number of likely N-dealkylation sites (tertiary alicyclic amines) is 1. The number of piperidine rings is 1. The predicted octanol–water partition coefficient (Wildman–Crippen LogP) is 3.14. The fourth-order valence-electron chi connectivity index (χ4n) is 3.62. The van der Waals surface area contributed by atoms with Crippen LogP contribution in [0.25, 0.3) is 0 Å². The Balaban J connectivity index is 1.55. The van der Waals surface area contributed by atoms with Crippen molar-refractivity contribution < 1.29 is 23.4 Å². The fraction of sp³-hybridized carbons (Fsp3) is 0.632. The minimum atomic E-state index is -0.351. The molecule has 0 bridgehead atoms. The first-order chi connectivity index (χ1) is 12.1. The molecule has 1 aromatic carbocycles. The van der Waals surface area contributed by atoms with Crippen LogP contribution in [0.5, 0.6) is 5.75 Å². The lowest BCUT2D eigenvalue weighted by molar-refractivity contribution is -0.131. The van der Waals surface area contributed by atoms with Crippen LogP contribution < -0.4 is 4.74 Å². The van der Waals surface area contributed by atoms with E-state index in [1.807, 2.05) is 6.07 Å². The van der Waals surface area contributed by atoms with Gasteiger partial charge in [-0.15, -0.1) is 0 Å². The van der Waals surface area contributed by atoms with Crippen LogP contribution in [0.2, 0.25) is 0 Å². The van der Waals surface area contributed by atoms with Crippen LogP contribution in [0, 0.1) is 5.82 Å². The zero-order valence-electron chi connectivity index (χ0n) is 14.7. The van der Waals surface area contributed by atoms with Gasteiger partial charge in [-0.2, -0.15) is 0 Å². The van der Waals surface area contributed by atoms with E-state index in [1.165, 1.54) is 6.07 Å². The number of rotatable bonds is 5. The Morgan fingerprint density at radius 2 is 2.08 bits per heavy atom. The molecule has 5 nitrogen and oxygen atoms in total. The second-order valence-corrected chi connectivity index (χ2v) is 7.19. The number of hydrogen-bond donors (Lipinski definition) is 0. The smallest absolute Gasteiger partial charge is 0.219 e. The van der Waals surface area contributed by atoms with Gasteiger partial charge in [0.15, 0.2) is 6.29 Å². The molecule has 3 atom stereocenters. The first-order valence-corrected chi connectivity index (χ1v) is 9.00. The summed E-state index contributed by atoms with van der Waals surface area (Å²) in [7, 11) is 1.56. The Morgan fingerprint density at radius 3 is 2.72 bits per heavy atom. The van der Waals surface area contributed by atoms with Crippen molar-refractivity contribution >= 4 is 5.91 Å². The maximum atomic E-state index is 14.6. The van der Waals surface area contributed by atoms with Crippen molar-refractivity contribution in [2.24, 2.45) is 0 Å². The van der Waals surface area contributed by atoms with Gasteiger partial charge in [-0.25, -0.2) is 4.39 Å². The molecule has 2 heterocycles. The zero-order valence-corrected chi connectivity index (χ0v) is 14.7. The van der Waals surface area contributed by atoms with Crippen molar-refractivity contribution in [3.8, 4) is 5.75 Å². The molecule has 3 fully saturated rings. The van der Waals surface area contributed by atoms with Gasteiger partial charge in [0.25, 0.3) is 0 Å². The lowest BCUT2D eigenvalue weighted by Crippen LogP contribution is -2.43. The third kappa shape index (κ3) is 3.51. The van der Waals surface area contributed by atoms with Crippen LogP contribution in [-0.2, 0) is 14.3 Å². The van der Waals surface area contributed by atoms with Crippen LogP contribution in [0.4, 0.5) is 4.39 Å². The maximum absolute atomic E-state index is 14.6. The Kier molecular flexibility index (Phi) is 4.41. The SMILES string of the molecule is COC1OC1c1cc(C2CC2)c(O[C@@H]2CCCN(C(C)=O)C2)cc1F. The van der Waals surface area contributed by atoms with Crippen molar-refractivity contribution in [2.75, 3.05) is 20.2 Å². The van der Waals surface area contributed by atoms with E-state index in [0.29, 0.717) is 23.8 Å². The number of nitrogens with zero attached hydrogens (tertiary/aromatic N) is 1. The Morgan fingerprint density at radius 1 is 1.28 bits per heavy atom. The molecule has 1 saturated carbocycles. The average molecular weight is 349 g/mol. The Labute approximate surface area is 147 Å². The van der Waals surface area contributed by atoms with Gasteiger partial charge in [0.05, 0.1) is 6.54 Å². The molecule has 0 N–H and O–H groups in total. The van der Waals surface area contributed by atoms with Crippen LogP contribution in [-0.4, -0.2) is 43.4 Å². The van der Waals surface area contributed by atoms with Crippen molar-refractivity contribution in [3.63, 3.8) is 0 Å². The first kappa shape index (κ1) is 16.8. The number of methoxy groups -OCH3 is 1. The van der Waals surface area contributed by atoms with E-state index >= 15 is 0 Å². The molecule has 1 amide bonds. The molecule has 25 heavy (non-hydrogen) atoms. The second kappa shape index (κ2) is 6.57.